The van der Waals surface area contributed by atoms with Gasteiger partial charge in [-0.25, -0.2) is 9.97 Å². The van der Waals surface area contributed by atoms with E-state index < -0.39 is 307 Å². The molecule has 7 rings (SSSR count). The summed E-state index contributed by atoms with van der Waals surface area (Å²) in [5.74, 6) is -26.1. The highest BCUT2D eigenvalue weighted by molar-refractivity contribution is 8.77. The number of amides is 18. The molecule has 0 aliphatic carbocycles. The van der Waals surface area contributed by atoms with Crippen LogP contribution in [0.4, 0.5) is 0 Å². The molecule has 0 spiro atoms. The fourth-order valence-corrected chi connectivity index (χ4v) is 18.6. The number of hydrogen-bond donors (Lipinski definition) is 23. The summed E-state index contributed by atoms with van der Waals surface area (Å²) in [6.45, 7) is 7.46. The molecule has 2 bridgehead atoms. The lowest BCUT2D eigenvalue weighted by molar-refractivity contribution is -0.144. The molecule has 47 nitrogen and oxygen atoms in total. The summed E-state index contributed by atoms with van der Waals surface area (Å²) < 4.78 is 0. The lowest BCUT2D eigenvalue weighted by Gasteiger charge is -2.31. The van der Waals surface area contributed by atoms with E-state index in [0.717, 1.165) is 59.9 Å². The Morgan fingerprint density at radius 3 is 1.56 bits per heavy atom. The van der Waals surface area contributed by atoms with E-state index in [-0.39, 0.29) is 63.0 Å². The van der Waals surface area contributed by atoms with Crippen molar-refractivity contribution in [1.82, 2.24) is 109 Å². The molecule has 0 saturated carbocycles. The van der Waals surface area contributed by atoms with Crippen LogP contribution in [0.15, 0.2) is 25.0 Å². The minimum Gasteiger partial charge on any atom is -0.481 e. The smallest absolute Gasteiger partial charge is 0.303 e. The lowest BCUT2D eigenvalue weighted by Crippen LogP contribution is -2.62. The molecule has 0 aromatic carbocycles. The van der Waals surface area contributed by atoms with Crippen LogP contribution in [0.5, 0.6) is 0 Å². The Morgan fingerprint density at radius 1 is 0.520 bits per heavy atom. The predicted octanol–water partition coefficient (Wildman–Crippen LogP) is -8.59. The molecule has 2 aromatic heterocycles. The highest BCUT2D eigenvalue weighted by atomic mass is 33.1. The number of fused-ring (bicyclic) bond motifs is 10. The molecule has 0 radical (unpaired) electrons. The maximum absolute atomic E-state index is 15.3. The fourth-order valence-electron chi connectivity index (χ4n) is 13.9. The second-order valence-electron chi connectivity index (χ2n) is 31.3. The topological polar surface area (TPSA) is 719 Å². The molecule has 0 unspecified atom stereocenters. The van der Waals surface area contributed by atoms with Gasteiger partial charge in [-0.15, -0.1) is 0 Å². The minimum atomic E-state index is -2.00. The molecule has 18 atom stereocenters. The van der Waals surface area contributed by atoms with Crippen LogP contribution in [-0.2, 0) is 109 Å². The largest absolute Gasteiger partial charge is 0.481 e. The molecular formula is C74H111N23O24S4. The first-order valence-corrected chi connectivity index (χ1v) is 45.6. The van der Waals surface area contributed by atoms with Crippen LogP contribution >= 0.6 is 43.2 Å². The van der Waals surface area contributed by atoms with E-state index in [1.807, 2.05) is 0 Å². The van der Waals surface area contributed by atoms with Gasteiger partial charge in [-0.3, -0.25) is 95.9 Å². The van der Waals surface area contributed by atoms with Gasteiger partial charge in [0.15, 0.2) is 0 Å². The Balaban J connectivity index is 1.37. The third-order valence-electron chi connectivity index (χ3n) is 20.7. The van der Waals surface area contributed by atoms with E-state index in [1.165, 1.54) is 45.8 Å². The van der Waals surface area contributed by atoms with Gasteiger partial charge in [0, 0.05) is 74.2 Å². The van der Waals surface area contributed by atoms with Crippen molar-refractivity contribution in [2.45, 2.75) is 240 Å². The Bertz CT molecular complexity index is 4200. The molecule has 5 aliphatic rings. The third-order valence-corrected chi connectivity index (χ3v) is 25.5. The van der Waals surface area contributed by atoms with Crippen molar-refractivity contribution < 1.29 is 116 Å². The van der Waals surface area contributed by atoms with Gasteiger partial charge in [0.2, 0.25) is 106 Å². The number of hydrogen-bond acceptors (Lipinski definition) is 29. The second-order valence-corrected chi connectivity index (χ2v) is 36.4. The van der Waals surface area contributed by atoms with Crippen LogP contribution in [0, 0.1) is 11.8 Å². The first kappa shape index (κ1) is 101. The van der Waals surface area contributed by atoms with Gasteiger partial charge in [0.05, 0.1) is 49.2 Å². The lowest BCUT2D eigenvalue weighted by atomic mass is 10.0. The van der Waals surface area contributed by atoms with Crippen LogP contribution < -0.4 is 91.2 Å². The zero-order chi connectivity index (χ0) is 92.1. The van der Waals surface area contributed by atoms with E-state index in [9.17, 15) is 102 Å². The standard InChI is InChI=1S/C74H111N23O24S4/c1-33(2)20-42-63(110)90-47(58(76)105)27-122-123-30-50-68(115)95-57(36(6)99)72(119)88-44(22-38-25-78-32-81-38)73(120)96-18-8-11-51(96)69(116)82-35(5)59(106)91-48(28-124-125-29-49(67(114)93-50)92-62(109)40(13-15-54(101)102)83-60(107)39-10-7-17-79-39)66(113)86-43(21-37-24-77-31-80-37)64(111)94-56(34(3)4)71(118)89-46(26-98)65(112)87-45(23-53(75)100)74(121)97-19-9-12-52(97)70(117)84-41(61(108)85-42)14-16-55(103)104/h24-25,31-36,39-52,56-57,79,98-99H,7-23,26-30H2,1-6H3,(H2,75,100)(H2,76,105)(H,77,80)(H,78,81)(H,82,116)(H,83,107)(H,84,117)(H,85,108)(H,86,113)(H,87,112)(H,88,119)(H,89,118)(H,90,110)(H,91,106)(H,92,109)(H,93,114)(H,94,111)(H,95,115)(H,101,102)(H,103,104)/t35-,36+,39-,40-,41-,42-,43-,44-,45-,46-,47-,48-,49-,50-,51-,52-,56-,57-/m0/s1. The van der Waals surface area contributed by atoms with E-state index in [4.69, 9.17) is 11.5 Å². The maximum atomic E-state index is 15.3. The number of carbonyl (C=O) groups is 20. The average molecular weight is 1840 g/mol. The Hall–Kier alpha value is -10.9. The number of nitrogens with two attached hydrogens (primary N) is 2. The number of carboxylic acid groups (broad SMARTS) is 2. The number of carbonyl (C=O) groups excluding carboxylic acids is 18. The molecule has 51 heteroatoms. The van der Waals surface area contributed by atoms with Crippen LogP contribution in [0.3, 0.4) is 0 Å². The number of carboxylic acids is 2. The number of aliphatic hydroxyl groups excluding tert-OH is 2. The Morgan fingerprint density at radius 2 is 1.02 bits per heavy atom. The molecule has 2 aromatic rings. The molecule has 5 aliphatic heterocycles. The number of aliphatic carboxylic acids is 2. The molecule has 7 heterocycles. The number of rotatable bonds is 22. The maximum Gasteiger partial charge on any atom is 0.303 e. The summed E-state index contributed by atoms with van der Waals surface area (Å²) in [7, 11) is 2.95. The van der Waals surface area contributed by atoms with Gasteiger partial charge in [-0.2, -0.15) is 0 Å². The quantitative estimate of drug-likeness (QED) is 0.0487. The second kappa shape index (κ2) is 49.1. The molecule has 25 N–H and O–H groups in total. The van der Waals surface area contributed by atoms with Crippen molar-refractivity contribution in [1.29, 1.82) is 0 Å². The fraction of sp³-hybridized carbons (Fsp3) is 0.649. The van der Waals surface area contributed by atoms with E-state index >= 15 is 14.4 Å². The van der Waals surface area contributed by atoms with Gasteiger partial charge in [0.1, 0.15) is 96.7 Å². The number of aromatic nitrogens is 4. The molecule has 5 fully saturated rings. The van der Waals surface area contributed by atoms with Crippen LogP contribution in [0.25, 0.3) is 0 Å². The first-order valence-electron chi connectivity index (χ1n) is 40.6. The third kappa shape index (κ3) is 31.0. The normalized spacial score (nSPS) is 28.0. The minimum absolute atomic E-state index is 0.00931. The highest BCUT2D eigenvalue weighted by Gasteiger charge is 2.45. The number of nitrogens with zero attached hydrogens (tertiary/aromatic N) is 4. The van der Waals surface area contributed by atoms with Crippen LogP contribution in [-0.4, -0.2) is 326 Å². The average Bonchev–Trinajstić information content (AvgIpc) is 1.72. The number of H-pyrrole nitrogens is 2. The molecule has 125 heavy (non-hydrogen) atoms. The van der Waals surface area contributed by atoms with Crippen molar-refractivity contribution in [3.05, 3.63) is 36.4 Å². The zero-order valence-corrected chi connectivity index (χ0v) is 72.7. The molecule has 5 saturated heterocycles. The number of primary amides is 2. The number of aliphatic hydroxyl groups is 2. The summed E-state index contributed by atoms with van der Waals surface area (Å²) in [6.07, 6.45) is -0.100. The van der Waals surface area contributed by atoms with Gasteiger partial charge in [0.25, 0.3) is 0 Å². The van der Waals surface area contributed by atoms with Crippen molar-refractivity contribution in [2.75, 3.05) is 49.3 Å². The molecule has 18 amide bonds. The van der Waals surface area contributed by atoms with E-state index in [0.29, 0.717) is 19.4 Å². The van der Waals surface area contributed by atoms with E-state index in [2.05, 4.69) is 99.7 Å². The summed E-state index contributed by atoms with van der Waals surface area (Å²) in [5.41, 5.74) is 11.8. The Kier molecular flexibility index (Phi) is 39.8. The van der Waals surface area contributed by atoms with Gasteiger partial charge in [-0.1, -0.05) is 70.9 Å². The van der Waals surface area contributed by atoms with Crippen molar-refractivity contribution in [2.24, 2.45) is 23.3 Å². The zero-order valence-electron chi connectivity index (χ0n) is 69.4. The summed E-state index contributed by atoms with van der Waals surface area (Å²) in [5, 5.41) is 79.6. The van der Waals surface area contributed by atoms with Gasteiger partial charge >= 0.3 is 11.9 Å². The van der Waals surface area contributed by atoms with Crippen molar-refractivity contribution in [3.8, 4) is 0 Å². The predicted molar refractivity (Wildman–Crippen MR) is 447 cm³/mol. The van der Waals surface area contributed by atoms with Gasteiger partial charge in [-0.05, 0) is 90.0 Å². The van der Waals surface area contributed by atoms with Crippen molar-refractivity contribution >= 4 is 161 Å². The summed E-state index contributed by atoms with van der Waals surface area (Å²) in [6, 6.07) is -28.4. The number of imidazole rings is 2. The molecule has 690 valence electrons. The Labute approximate surface area is 732 Å². The highest BCUT2D eigenvalue weighted by Crippen LogP contribution is 2.28. The monoisotopic (exact) mass is 1830 g/mol. The van der Waals surface area contributed by atoms with Crippen LogP contribution in [0.2, 0.25) is 0 Å². The van der Waals surface area contributed by atoms with Crippen LogP contribution in [0.1, 0.15) is 130 Å². The van der Waals surface area contributed by atoms with Gasteiger partial charge < -0.3 is 131 Å². The summed E-state index contributed by atoms with van der Waals surface area (Å²) in [4.78, 5) is 301. The molecular weight excluding hydrogens is 1720 g/mol. The first-order chi connectivity index (χ1) is 59.2. The summed E-state index contributed by atoms with van der Waals surface area (Å²) >= 11 is 0. The number of aromatic amines is 2. The van der Waals surface area contributed by atoms with E-state index in [1.54, 1.807) is 13.8 Å². The number of nitrogens with one attached hydrogen (secondary N) is 17. The van der Waals surface area contributed by atoms with Crippen molar-refractivity contribution in [3.63, 3.8) is 0 Å². The SMILES string of the molecule is CC(C)C[C@@H]1NC(=O)[C@H](CCC(=O)O)NC(=O)[C@@H]2CCCN2C(=O)[C@H](CC(N)=O)NC(=O)[C@H](CO)NC(=O)[C@H](C(C)C)NC(=O)[C@H](Cc2c[nH]cn2)NC(=O)[C@@H]2CSSC[C@H](NC(=O)[C@H](CCC(=O)O)NC(=O)[C@@H]3CCCN3)C(=O)N[C@@H](CSSC[C@@H](C(N)=O)NC1=O)C(=O)N[C@@H]([C@@H](C)O)C(=O)N[C@@H](Cc1c[nH]cn1)C(=O)N1CCC[C@H]1C(=O)N[C@@H](C)C(=O)N2.